The molecule has 1 N–H and O–H groups in total. The van der Waals surface area contributed by atoms with Gasteiger partial charge in [-0.3, -0.25) is 4.79 Å². The smallest absolute Gasteiger partial charge is 0.416 e. The molecule has 0 aliphatic heterocycles. The highest BCUT2D eigenvalue weighted by molar-refractivity contribution is 7.20. The van der Waals surface area contributed by atoms with E-state index in [-0.39, 0.29) is 33.1 Å². The van der Waals surface area contributed by atoms with Crippen molar-refractivity contribution in [1.29, 1.82) is 0 Å². The number of H-pyrrole nitrogens is 1. The van der Waals surface area contributed by atoms with Gasteiger partial charge in [0.2, 0.25) is 0 Å². The number of nitrogens with one attached hydrogen (secondary N) is 1. The average Bonchev–Trinajstić information content (AvgIpc) is 2.92. The summed E-state index contributed by atoms with van der Waals surface area (Å²) in [7, 11) is 0. The van der Waals surface area contributed by atoms with Crippen molar-refractivity contribution >= 4 is 27.5 Å². The summed E-state index contributed by atoms with van der Waals surface area (Å²) in [4.78, 5) is 31.6. The van der Waals surface area contributed by atoms with Gasteiger partial charge in [0.15, 0.2) is 0 Å². The molecule has 9 heteroatoms. The second kappa shape index (κ2) is 6.56. The first kappa shape index (κ1) is 18.1. The summed E-state index contributed by atoms with van der Waals surface area (Å²) in [5.74, 6) is -0.557. The van der Waals surface area contributed by atoms with E-state index in [2.05, 4.69) is 9.97 Å². The van der Waals surface area contributed by atoms with Gasteiger partial charge >= 0.3 is 12.1 Å². The Balaban J connectivity index is 2.16. The van der Waals surface area contributed by atoms with Crippen LogP contribution >= 0.6 is 11.3 Å². The minimum Gasteiger partial charge on any atom is -0.462 e. The Kier molecular flexibility index (Phi) is 4.57. The predicted octanol–water partition coefficient (Wildman–Crippen LogP) is 4.16. The third kappa shape index (κ3) is 3.22. The maximum atomic E-state index is 12.9. The second-order valence-corrected chi connectivity index (χ2v) is 6.45. The summed E-state index contributed by atoms with van der Waals surface area (Å²) in [5, 5.41) is 0.230. The minimum absolute atomic E-state index is 0.00487. The molecule has 5 nitrogen and oxygen atoms in total. The molecule has 1 aromatic carbocycles. The molecule has 0 spiro atoms. The SMILES string of the molecule is CCOC(=O)c1sc2nc(-c3cccc(C(F)(F)F)c3)[nH]c(=O)c2c1C. The molecule has 2 aromatic heterocycles. The van der Waals surface area contributed by atoms with Crippen LogP contribution in [0.5, 0.6) is 0 Å². The molecule has 0 unspecified atom stereocenters. The van der Waals surface area contributed by atoms with Gasteiger partial charge in [-0.2, -0.15) is 13.2 Å². The molecule has 3 rings (SSSR count). The van der Waals surface area contributed by atoms with Gasteiger partial charge in [0, 0.05) is 5.56 Å². The number of rotatable bonds is 3. The van der Waals surface area contributed by atoms with E-state index in [1.54, 1.807) is 13.8 Å². The minimum atomic E-state index is -4.50. The number of carbonyl (C=O) groups excluding carboxylic acids is 1. The van der Waals surface area contributed by atoms with Crippen LogP contribution in [-0.4, -0.2) is 22.5 Å². The standard InChI is InChI=1S/C17H13F3N2O3S/c1-3-25-16(24)12-8(2)11-14(23)21-13(22-15(11)26-12)9-5-4-6-10(7-9)17(18,19)20/h4-7H,3H2,1-2H3,(H,21,22,23). The van der Waals surface area contributed by atoms with E-state index in [1.807, 2.05) is 0 Å². The van der Waals surface area contributed by atoms with Crippen molar-refractivity contribution in [2.45, 2.75) is 20.0 Å². The van der Waals surface area contributed by atoms with Crippen LogP contribution in [0.1, 0.15) is 27.7 Å². The highest BCUT2D eigenvalue weighted by Gasteiger charge is 2.30. The monoisotopic (exact) mass is 382 g/mol. The third-order valence-electron chi connectivity index (χ3n) is 3.72. The fraction of sp³-hybridized carbons (Fsp3) is 0.235. The first-order chi connectivity index (χ1) is 12.2. The van der Waals surface area contributed by atoms with E-state index in [9.17, 15) is 22.8 Å². The van der Waals surface area contributed by atoms with E-state index in [4.69, 9.17) is 4.74 Å². The summed E-state index contributed by atoms with van der Waals surface area (Å²) < 4.78 is 43.6. The van der Waals surface area contributed by atoms with Crippen molar-refractivity contribution in [1.82, 2.24) is 9.97 Å². The van der Waals surface area contributed by atoms with Crippen molar-refractivity contribution in [2.24, 2.45) is 0 Å². The average molecular weight is 382 g/mol. The molecular formula is C17H13F3N2O3S. The van der Waals surface area contributed by atoms with Gasteiger partial charge in [-0.05, 0) is 31.5 Å². The maximum Gasteiger partial charge on any atom is 0.416 e. The van der Waals surface area contributed by atoms with Gasteiger partial charge < -0.3 is 9.72 Å². The normalized spacial score (nSPS) is 11.7. The molecule has 0 fully saturated rings. The number of aryl methyl sites for hydroxylation is 1. The van der Waals surface area contributed by atoms with Crippen LogP contribution < -0.4 is 5.56 Å². The molecule has 0 aliphatic carbocycles. The Morgan fingerprint density at radius 1 is 1.35 bits per heavy atom. The molecule has 136 valence electrons. The maximum absolute atomic E-state index is 12.9. The van der Waals surface area contributed by atoms with Gasteiger partial charge in [-0.15, -0.1) is 11.3 Å². The van der Waals surface area contributed by atoms with Crippen LogP contribution in [0.2, 0.25) is 0 Å². The lowest BCUT2D eigenvalue weighted by atomic mass is 10.1. The van der Waals surface area contributed by atoms with Crippen LogP contribution in [0.15, 0.2) is 29.1 Å². The zero-order valence-electron chi connectivity index (χ0n) is 13.7. The fourth-order valence-electron chi connectivity index (χ4n) is 2.51. The Hall–Kier alpha value is -2.68. The first-order valence-corrected chi connectivity index (χ1v) is 8.42. The molecule has 3 aromatic rings. The topological polar surface area (TPSA) is 72.0 Å². The summed E-state index contributed by atoms with van der Waals surface area (Å²) in [6.07, 6.45) is -4.50. The number of hydrogen-bond donors (Lipinski definition) is 1. The van der Waals surface area contributed by atoms with Crippen LogP contribution in [-0.2, 0) is 10.9 Å². The Bertz CT molecular complexity index is 1050. The molecule has 0 saturated heterocycles. The molecule has 0 atom stereocenters. The van der Waals surface area contributed by atoms with Crippen molar-refractivity contribution in [3.63, 3.8) is 0 Å². The number of alkyl halides is 3. The summed E-state index contributed by atoms with van der Waals surface area (Å²) in [6, 6.07) is 4.52. The quantitative estimate of drug-likeness (QED) is 0.691. The van der Waals surface area contributed by atoms with Gasteiger partial charge in [-0.1, -0.05) is 12.1 Å². The second-order valence-electron chi connectivity index (χ2n) is 5.45. The summed E-state index contributed by atoms with van der Waals surface area (Å²) >= 11 is 0.977. The highest BCUT2D eigenvalue weighted by atomic mass is 32.1. The van der Waals surface area contributed by atoms with Gasteiger partial charge in [0.25, 0.3) is 5.56 Å². The van der Waals surface area contributed by atoms with E-state index in [1.165, 1.54) is 12.1 Å². The third-order valence-corrected chi connectivity index (χ3v) is 4.89. The van der Waals surface area contributed by atoms with Crippen LogP contribution in [0.3, 0.4) is 0 Å². The van der Waals surface area contributed by atoms with Crippen LogP contribution in [0.25, 0.3) is 21.6 Å². The summed E-state index contributed by atoms with van der Waals surface area (Å²) in [5.41, 5.74) is -0.797. The van der Waals surface area contributed by atoms with Crippen molar-refractivity contribution in [3.8, 4) is 11.4 Å². The number of nitrogens with zero attached hydrogens (tertiary/aromatic N) is 1. The largest absolute Gasteiger partial charge is 0.462 e. The van der Waals surface area contributed by atoms with E-state index < -0.39 is 23.3 Å². The van der Waals surface area contributed by atoms with Crippen LogP contribution in [0, 0.1) is 6.92 Å². The Morgan fingerprint density at radius 2 is 2.08 bits per heavy atom. The number of esters is 1. The molecule has 0 saturated carbocycles. The molecule has 0 radical (unpaired) electrons. The number of thiophene rings is 1. The van der Waals surface area contributed by atoms with E-state index >= 15 is 0 Å². The number of ether oxygens (including phenoxy) is 1. The van der Waals surface area contributed by atoms with Crippen molar-refractivity contribution < 1.29 is 22.7 Å². The molecule has 26 heavy (non-hydrogen) atoms. The number of carbonyl (C=O) groups is 1. The van der Waals surface area contributed by atoms with Crippen LogP contribution in [0.4, 0.5) is 13.2 Å². The highest BCUT2D eigenvalue weighted by Crippen LogP contribution is 2.32. The van der Waals surface area contributed by atoms with Gasteiger partial charge in [-0.25, -0.2) is 9.78 Å². The lowest BCUT2D eigenvalue weighted by molar-refractivity contribution is -0.137. The molecule has 0 aliphatic rings. The van der Waals surface area contributed by atoms with E-state index in [0.717, 1.165) is 23.5 Å². The fourth-order valence-corrected chi connectivity index (χ4v) is 3.59. The number of halogens is 3. The van der Waals surface area contributed by atoms with E-state index in [0.29, 0.717) is 5.56 Å². The zero-order chi connectivity index (χ0) is 19.1. The molecule has 0 bridgehead atoms. The zero-order valence-corrected chi connectivity index (χ0v) is 14.5. The Morgan fingerprint density at radius 3 is 2.73 bits per heavy atom. The van der Waals surface area contributed by atoms with Gasteiger partial charge in [0.1, 0.15) is 15.5 Å². The predicted molar refractivity (Wildman–Crippen MR) is 91.4 cm³/mol. The Labute approximate surface area is 149 Å². The molecule has 2 heterocycles. The van der Waals surface area contributed by atoms with Gasteiger partial charge in [0.05, 0.1) is 17.6 Å². The number of fused-ring (bicyclic) bond motifs is 1. The summed E-state index contributed by atoms with van der Waals surface area (Å²) in [6.45, 7) is 3.45. The number of hydrogen-bond acceptors (Lipinski definition) is 5. The molecular weight excluding hydrogens is 369 g/mol. The number of aromatic nitrogens is 2. The molecule has 0 amide bonds. The van der Waals surface area contributed by atoms with Crippen molar-refractivity contribution in [2.75, 3.05) is 6.61 Å². The lowest BCUT2D eigenvalue weighted by Gasteiger charge is -2.08. The number of aromatic amines is 1. The number of benzene rings is 1. The first-order valence-electron chi connectivity index (χ1n) is 7.60. The van der Waals surface area contributed by atoms with Crippen molar-refractivity contribution in [3.05, 3.63) is 50.6 Å². The lowest BCUT2D eigenvalue weighted by Crippen LogP contribution is -2.10.